The molecule has 0 aromatic heterocycles. The van der Waals surface area contributed by atoms with E-state index in [0.29, 0.717) is 0 Å². The van der Waals surface area contributed by atoms with Crippen LogP contribution in [-0.4, -0.2) is 25.1 Å². The summed E-state index contributed by atoms with van der Waals surface area (Å²) in [4.78, 5) is 2.61. The van der Waals surface area contributed by atoms with Gasteiger partial charge in [0.1, 0.15) is 5.75 Å². The lowest BCUT2D eigenvalue weighted by Gasteiger charge is -2.04. The molecule has 0 saturated carbocycles. The van der Waals surface area contributed by atoms with Gasteiger partial charge < -0.3 is 4.74 Å². The number of hydrogen-bond donors (Lipinski definition) is 1. The SMILES string of the molecule is CCCCOc1ccc([SH+]c2ccccc2)cc1.O=S(=O)(O)C(F)(F)F. The fraction of sp³-hybridized carbons (Fsp3) is 0.294. The fourth-order valence-corrected chi connectivity index (χ4v) is 2.52. The molecular formula is C17H20F3O4S2+. The quantitative estimate of drug-likeness (QED) is 0.251. The Labute approximate surface area is 155 Å². The Morgan fingerprint density at radius 2 is 1.50 bits per heavy atom. The highest BCUT2D eigenvalue weighted by atomic mass is 32.2. The summed E-state index contributed by atoms with van der Waals surface area (Å²) < 4.78 is 63.2. The molecule has 0 aliphatic heterocycles. The van der Waals surface area contributed by atoms with Gasteiger partial charge in [0.15, 0.2) is 9.79 Å². The van der Waals surface area contributed by atoms with Crippen LogP contribution < -0.4 is 4.74 Å². The minimum atomic E-state index is -5.84. The van der Waals surface area contributed by atoms with Gasteiger partial charge in [0.25, 0.3) is 0 Å². The predicted octanol–water partition coefficient (Wildman–Crippen LogP) is 4.49. The maximum atomic E-state index is 10.7. The molecule has 0 aliphatic rings. The van der Waals surface area contributed by atoms with Gasteiger partial charge in [-0.2, -0.15) is 21.6 Å². The van der Waals surface area contributed by atoms with Gasteiger partial charge in [-0.15, -0.1) is 0 Å². The largest absolute Gasteiger partial charge is 0.522 e. The highest BCUT2D eigenvalue weighted by molar-refractivity contribution is 7.86. The van der Waals surface area contributed by atoms with Crippen molar-refractivity contribution in [2.24, 2.45) is 0 Å². The van der Waals surface area contributed by atoms with Crippen molar-refractivity contribution in [3.05, 3.63) is 54.6 Å². The Balaban J connectivity index is 0.000000359. The minimum Gasteiger partial charge on any atom is -0.494 e. The van der Waals surface area contributed by atoms with Crippen LogP contribution in [-0.2, 0) is 21.9 Å². The van der Waals surface area contributed by atoms with Gasteiger partial charge in [-0.1, -0.05) is 31.5 Å². The zero-order chi connectivity index (χ0) is 19.6. The predicted molar refractivity (Wildman–Crippen MR) is 96.2 cm³/mol. The number of alkyl halides is 3. The molecule has 0 saturated heterocycles. The number of halogens is 3. The molecule has 9 heteroatoms. The Morgan fingerprint density at radius 3 is 1.96 bits per heavy atom. The van der Waals surface area contributed by atoms with E-state index in [-0.39, 0.29) is 0 Å². The van der Waals surface area contributed by atoms with Crippen LogP contribution in [0.25, 0.3) is 0 Å². The second-order valence-electron chi connectivity index (χ2n) is 5.06. The molecule has 1 N–H and O–H groups in total. The van der Waals surface area contributed by atoms with E-state index in [1.807, 2.05) is 6.07 Å². The second-order valence-corrected chi connectivity index (χ2v) is 7.73. The molecule has 2 aromatic carbocycles. The van der Waals surface area contributed by atoms with Crippen molar-refractivity contribution in [3.8, 4) is 5.75 Å². The van der Waals surface area contributed by atoms with Crippen LogP contribution in [0.2, 0.25) is 0 Å². The number of thiol groups is 1. The van der Waals surface area contributed by atoms with E-state index in [1.165, 1.54) is 28.0 Å². The first kappa shape index (κ1) is 22.3. The molecule has 0 spiro atoms. The Hall–Kier alpha value is -1.71. The van der Waals surface area contributed by atoms with E-state index in [1.54, 1.807) is 0 Å². The molecule has 4 nitrogen and oxygen atoms in total. The lowest BCUT2D eigenvalue weighted by molar-refractivity contribution is -0.0510. The number of unbranched alkanes of at least 4 members (excludes halogenated alkanes) is 1. The van der Waals surface area contributed by atoms with Crippen molar-refractivity contribution in [2.45, 2.75) is 35.1 Å². The van der Waals surface area contributed by atoms with Gasteiger partial charge >= 0.3 is 15.6 Å². The van der Waals surface area contributed by atoms with E-state index in [4.69, 9.17) is 17.7 Å². The summed E-state index contributed by atoms with van der Waals surface area (Å²) in [6.07, 6.45) is 2.29. The maximum absolute atomic E-state index is 10.7. The van der Waals surface area contributed by atoms with Crippen LogP contribution in [0.3, 0.4) is 0 Å². The standard InChI is InChI=1S/C16H18OS.CHF3O3S/c1-2-3-13-17-14-9-11-16(12-10-14)18-15-7-5-4-6-8-15;2-1(3,4)8(5,6)7/h4-12H,2-3,13H2,1H3;(H,5,6,7)/p+1. The summed E-state index contributed by atoms with van der Waals surface area (Å²) in [6.45, 7) is 2.98. The normalized spacial score (nSPS) is 11.4. The fourth-order valence-electron chi connectivity index (χ4n) is 1.60. The summed E-state index contributed by atoms with van der Waals surface area (Å²) in [5, 5.41) is 0. The molecule has 0 fully saturated rings. The van der Waals surface area contributed by atoms with Crippen LogP contribution in [0.4, 0.5) is 13.2 Å². The van der Waals surface area contributed by atoms with Crippen molar-refractivity contribution < 1.29 is 30.9 Å². The highest BCUT2D eigenvalue weighted by Crippen LogP contribution is 2.20. The zero-order valence-corrected chi connectivity index (χ0v) is 15.7. The first-order valence-electron chi connectivity index (χ1n) is 7.67. The molecule has 0 radical (unpaired) electrons. The van der Waals surface area contributed by atoms with E-state index in [9.17, 15) is 13.2 Å². The molecule has 2 rings (SSSR count). The van der Waals surface area contributed by atoms with E-state index < -0.39 is 15.6 Å². The maximum Gasteiger partial charge on any atom is 0.522 e. The topological polar surface area (TPSA) is 63.6 Å². The zero-order valence-electron chi connectivity index (χ0n) is 14.0. The van der Waals surface area contributed by atoms with Crippen LogP contribution >= 0.6 is 0 Å². The summed E-state index contributed by atoms with van der Waals surface area (Å²) in [7, 11) is -5.84. The smallest absolute Gasteiger partial charge is 0.494 e. The number of rotatable bonds is 6. The van der Waals surface area contributed by atoms with Crippen molar-refractivity contribution in [2.75, 3.05) is 6.61 Å². The third-order valence-electron chi connectivity index (χ3n) is 2.91. The summed E-state index contributed by atoms with van der Waals surface area (Å²) in [5.74, 6) is 0.968. The molecule has 0 heterocycles. The molecule has 0 amide bonds. The Bertz CT molecular complexity index is 746. The molecule has 0 aliphatic carbocycles. The van der Waals surface area contributed by atoms with Crippen LogP contribution in [0.5, 0.6) is 5.75 Å². The third-order valence-corrected chi connectivity index (χ3v) is 4.61. The number of benzene rings is 2. The van der Waals surface area contributed by atoms with E-state index in [2.05, 4.69) is 55.5 Å². The van der Waals surface area contributed by atoms with Crippen molar-refractivity contribution >= 4 is 21.9 Å². The monoisotopic (exact) mass is 409 g/mol. The average molecular weight is 409 g/mol. The minimum absolute atomic E-state index is 0.812. The van der Waals surface area contributed by atoms with E-state index in [0.717, 1.165) is 18.8 Å². The van der Waals surface area contributed by atoms with Gasteiger partial charge in [-0.25, -0.2) is 0 Å². The summed E-state index contributed by atoms with van der Waals surface area (Å²) in [5.41, 5.74) is -5.53. The Kier molecular flexibility index (Phi) is 8.97. The summed E-state index contributed by atoms with van der Waals surface area (Å²) in [6, 6.07) is 18.9. The van der Waals surface area contributed by atoms with Gasteiger partial charge in [-0.05, 0) is 42.8 Å². The van der Waals surface area contributed by atoms with Crippen molar-refractivity contribution in [1.82, 2.24) is 0 Å². The molecule has 0 unspecified atom stereocenters. The molecule has 144 valence electrons. The van der Waals surface area contributed by atoms with Gasteiger partial charge in [0.2, 0.25) is 0 Å². The lowest BCUT2D eigenvalue weighted by Crippen LogP contribution is -2.21. The molecule has 26 heavy (non-hydrogen) atoms. The third kappa shape index (κ3) is 8.59. The van der Waals surface area contributed by atoms with E-state index >= 15 is 0 Å². The molecular weight excluding hydrogens is 389 g/mol. The second kappa shape index (κ2) is 10.4. The van der Waals surface area contributed by atoms with Crippen LogP contribution in [0.15, 0.2) is 64.4 Å². The van der Waals surface area contributed by atoms with Crippen LogP contribution in [0, 0.1) is 0 Å². The average Bonchev–Trinajstić information content (AvgIpc) is 2.56. The van der Waals surface area contributed by atoms with Gasteiger partial charge in [0.05, 0.1) is 6.61 Å². The number of ether oxygens (including phenoxy) is 1. The molecule has 0 atom stereocenters. The number of hydrogen-bond acceptors (Lipinski definition) is 3. The Morgan fingerprint density at radius 1 is 1.00 bits per heavy atom. The first-order chi connectivity index (χ1) is 12.1. The molecule has 2 aromatic rings. The van der Waals surface area contributed by atoms with Gasteiger partial charge in [-0.3, -0.25) is 4.55 Å². The van der Waals surface area contributed by atoms with Gasteiger partial charge in [0, 0.05) is 11.8 Å². The van der Waals surface area contributed by atoms with Crippen molar-refractivity contribution in [1.29, 1.82) is 0 Å². The lowest BCUT2D eigenvalue weighted by atomic mass is 10.3. The molecule has 0 bridgehead atoms. The van der Waals surface area contributed by atoms with Crippen LogP contribution in [0.1, 0.15) is 19.8 Å². The first-order valence-corrected chi connectivity index (χ1v) is 10.0. The highest BCUT2D eigenvalue weighted by Gasteiger charge is 2.44. The van der Waals surface area contributed by atoms with Crippen molar-refractivity contribution in [3.63, 3.8) is 0 Å². The summed E-state index contributed by atoms with van der Waals surface area (Å²) >= 11 is 1.24.